The number of allylic oxidation sites excluding steroid dienone is 1. The zero-order valence-corrected chi connectivity index (χ0v) is 10.3. The average Bonchev–Trinajstić information content (AvgIpc) is 2.11. The zero-order chi connectivity index (χ0) is 9.84. The van der Waals surface area contributed by atoms with Crippen LogP contribution < -0.4 is 0 Å². The fourth-order valence-corrected chi connectivity index (χ4v) is 1.48. The Kier molecular flexibility index (Phi) is 4.13. The van der Waals surface area contributed by atoms with Gasteiger partial charge in [0.25, 0.3) is 0 Å². The van der Waals surface area contributed by atoms with Crippen LogP contribution in [0.25, 0.3) is 6.08 Å². The molecule has 0 atom stereocenters. The Morgan fingerprint density at radius 3 is 2.77 bits per heavy atom. The summed E-state index contributed by atoms with van der Waals surface area (Å²) in [4.78, 5) is 0. The Labute approximate surface area is 94.1 Å². The van der Waals surface area contributed by atoms with Crippen molar-refractivity contribution in [1.82, 2.24) is 0 Å². The molecule has 0 bridgehead atoms. The lowest BCUT2D eigenvalue weighted by Gasteiger charge is -1.98. The Hall–Kier alpha value is -0.150. The molecule has 0 aliphatic carbocycles. The van der Waals surface area contributed by atoms with Crippen LogP contribution in [0.2, 0.25) is 0 Å². The highest BCUT2D eigenvalue weighted by molar-refractivity contribution is 9.10. The maximum Gasteiger partial charge on any atom is 0.137 e. The van der Waals surface area contributed by atoms with Crippen LogP contribution in [0.1, 0.15) is 12.5 Å². The summed E-state index contributed by atoms with van der Waals surface area (Å²) in [5, 5.41) is 0.835. The predicted molar refractivity (Wildman–Crippen MR) is 61.5 cm³/mol. The van der Waals surface area contributed by atoms with Gasteiger partial charge in [0.1, 0.15) is 5.82 Å². The average molecular weight is 308 g/mol. The van der Waals surface area contributed by atoms with E-state index < -0.39 is 0 Å². The minimum Gasteiger partial charge on any atom is -0.206 e. The van der Waals surface area contributed by atoms with Crippen molar-refractivity contribution in [2.24, 2.45) is 0 Å². The second-order valence-corrected chi connectivity index (χ2v) is 4.21. The molecule has 13 heavy (non-hydrogen) atoms. The van der Waals surface area contributed by atoms with Crippen LogP contribution in [0.5, 0.6) is 0 Å². The molecule has 0 saturated carbocycles. The Morgan fingerprint density at radius 2 is 2.23 bits per heavy atom. The molecular weight excluding hydrogens is 299 g/mol. The van der Waals surface area contributed by atoms with E-state index in [0.29, 0.717) is 4.47 Å². The lowest BCUT2D eigenvalue weighted by atomic mass is 10.1. The first-order valence-electron chi connectivity index (χ1n) is 3.81. The molecule has 0 fully saturated rings. The monoisotopic (exact) mass is 306 g/mol. The molecule has 0 nitrogen and oxygen atoms in total. The maximum absolute atomic E-state index is 12.8. The van der Waals surface area contributed by atoms with Crippen LogP contribution in [-0.4, -0.2) is 5.33 Å². The van der Waals surface area contributed by atoms with E-state index in [2.05, 4.69) is 31.9 Å². The van der Waals surface area contributed by atoms with Gasteiger partial charge in [-0.05, 0) is 40.5 Å². The number of hydrogen-bond donors (Lipinski definition) is 0. The van der Waals surface area contributed by atoms with Crippen molar-refractivity contribution in [3.63, 3.8) is 0 Å². The molecule has 0 heterocycles. The lowest BCUT2D eigenvalue weighted by Crippen LogP contribution is -1.81. The highest BCUT2D eigenvalue weighted by Gasteiger charge is 1.98. The number of benzene rings is 1. The molecule has 0 aliphatic rings. The summed E-state index contributed by atoms with van der Waals surface area (Å²) in [5.41, 5.74) is 2.21. The molecule has 0 saturated heterocycles. The smallest absolute Gasteiger partial charge is 0.137 e. The third kappa shape index (κ3) is 3.24. The van der Waals surface area contributed by atoms with Crippen LogP contribution in [0, 0.1) is 5.82 Å². The summed E-state index contributed by atoms with van der Waals surface area (Å²) in [6.45, 7) is 2.02. The summed E-state index contributed by atoms with van der Waals surface area (Å²) >= 11 is 6.49. The summed E-state index contributed by atoms with van der Waals surface area (Å²) in [6.07, 6.45) is 2.01. The van der Waals surface area contributed by atoms with Crippen LogP contribution >= 0.6 is 31.9 Å². The van der Waals surface area contributed by atoms with Gasteiger partial charge in [-0.15, -0.1) is 0 Å². The van der Waals surface area contributed by atoms with Gasteiger partial charge in [0.2, 0.25) is 0 Å². The number of rotatable bonds is 2. The van der Waals surface area contributed by atoms with Crippen LogP contribution in [0.4, 0.5) is 4.39 Å². The predicted octanol–water partition coefficient (Wildman–Crippen LogP) is 4.39. The molecule has 0 N–H and O–H groups in total. The molecule has 70 valence electrons. The SMILES string of the molecule is CC(=Cc1ccc(F)c(Br)c1)CBr. The number of halogens is 3. The van der Waals surface area contributed by atoms with Crippen molar-refractivity contribution in [3.8, 4) is 0 Å². The van der Waals surface area contributed by atoms with Gasteiger partial charge < -0.3 is 0 Å². The van der Waals surface area contributed by atoms with Gasteiger partial charge in [-0.3, -0.25) is 0 Å². The summed E-state index contributed by atoms with van der Waals surface area (Å²) < 4.78 is 13.3. The van der Waals surface area contributed by atoms with Crippen molar-refractivity contribution >= 4 is 37.9 Å². The number of alkyl halides is 1. The summed E-state index contributed by atoms with van der Waals surface area (Å²) in [7, 11) is 0. The molecule has 0 aliphatic heterocycles. The van der Waals surface area contributed by atoms with Crippen molar-refractivity contribution in [3.05, 3.63) is 39.6 Å². The minimum atomic E-state index is -0.228. The Bertz CT molecular complexity index is 332. The van der Waals surface area contributed by atoms with Gasteiger partial charge in [-0.25, -0.2) is 4.39 Å². The normalized spacial score (nSPS) is 11.8. The van der Waals surface area contributed by atoms with Crippen LogP contribution in [0.3, 0.4) is 0 Å². The third-order valence-corrected chi connectivity index (χ3v) is 3.06. The van der Waals surface area contributed by atoms with Crippen LogP contribution in [-0.2, 0) is 0 Å². The largest absolute Gasteiger partial charge is 0.206 e. The Balaban J connectivity index is 2.98. The standard InChI is InChI=1S/C10H9Br2F/c1-7(6-11)4-8-2-3-10(13)9(12)5-8/h2-5H,6H2,1H3. The van der Waals surface area contributed by atoms with Crippen molar-refractivity contribution in [1.29, 1.82) is 0 Å². The van der Waals surface area contributed by atoms with Crippen LogP contribution in [0.15, 0.2) is 28.2 Å². The maximum atomic E-state index is 12.8. The third-order valence-electron chi connectivity index (χ3n) is 1.57. The van der Waals surface area contributed by atoms with Gasteiger partial charge in [0.15, 0.2) is 0 Å². The van der Waals surface area contributed by atoms with E-state index in [1.807, 2.05) is 13.0 Å². The van der Waals surface area contributed by atoms with E-state index in [-0.39, 0.29) is 5.82 Å². The first kappa shape index (κ1) is 10.9. The molecule has 1 aromatic carbocycles. The van der Waals surface area contributed by atoms with Gasteiger partial charge >= 0.3 is 0 Å². The zero-order valence-electron chi connectivity index (χ0n) is 7.15. The number of hydrogen-bond acceptors (Lipinski definition) is 0. The van der Waals surface area contributed by atoms with E-state index in [4.69, 9.17) is 0 Å². The van der Waals surface area contributed by atoms with Crippen molar-refractivity contribution in [2.45, 2.75) is 6.92 Å². The molecule has 0 amide bonds. The highest BCUT2D eigenvalue weighted by atomic mass is 79.9. The molecule has 3 heteroatoms. The summed E-state index contributed by atoms with van der Waals surface area (Å²) in [5.74, 6) is -0.228. The fourth-order valence-electron chi connectivity index (χ4n) is 0.925. The molecule has 0 radical (unpaired) electrons. The molecule has 1 rings (SSSR count). The minimum absolute atomic E-state index is 0.228. The van der Waals surface area contributed by atoms with Gasteiger partial charge in [0, 0.05) is 5.33 Å². The topological polar surface area (TPSA) is 0 Å². The fraction of sp³-hybridized carbons (Fsp3) is 0.200. The first-order chi connectivity index (χ1) is 6.13. The molecular formula is C10H9Br2F. The van der Waals surface area contributed by atoms with E-state index in [1.54, 1.807) is 12.1 Å². The van der Waals surface area contributed by atoms with Gasteiger partial charge in [0.05, 0.1) is 4.47 Å². The second-order valence-electron chi connectivity index (χ2n) is 2.80. The second kappa shape index (κ2) is 4.91. The van der Waals surface area contributed by atoms with E-state index >= 15 is 0 Å². The van der Waals surface area contributed by atoms with Gasteiger partial charge in [-0.1, -0.05) is 33.6 Å². The summed E-state index contributed by atoms with van der Waals surface area (Å²) in [6, 6.07) is 4.98. The van der Waals surface area contributed by atoms with Crippen molar-refractivity contribution < 1.29 is 4.39 Å². The van der Waals surface area contributed by atoms with E-state index in [0.717, 1.165) is 10.9 Å². The molecule has 0 aromatic heterocycles. The molecule has 1 aromatic rings. The quantitative estimate of drug-likeness (QED) is 0.711. The molecule has 0 unspecified atom stereocenters. The highest BCUT2D eigenvalue weighted by Crippen LogP contribution is 2.18. The van der Waals surface area contributed by atoms with Gasteiger partial charge in [-0.2, -0.15) is 0 Å². The van der Waals surface area contributed by atoms with E-state index in [9.17, 15) is 4.39 Å². The van der Waals surface area contributed by atoms with E-state index in [1.165, 1.54) is 11.6 Å². The first-order valence-corrected chi connectivity index (χ1v) is 5.73. The Morgan fingerprint density at radius 1 is 1.54 bits per heavy atom. The van der Waals surface area contributed by atoms with Crippen molar-refractivity contribution in [2.75, 3.05) is 5.33 Å². The molecule has 0 spiro atoms. The lowest BCUT2D eigenvalue weighted by molar-refractivity contribution is 0.621.